The Hall–Kier alpha value is -2.14. The summed E-state index contributed by atoms with van der Waals surface area (Å²) in [4.78, 5) is 21.5. The number of likely N-dealkylation sites (tertiary alicyclic amines) is 2. The van der Waals surface area contributed by atoms with E-state index in [0.717, 1.165) is 68.6 Å². The molecule has 2 aromatic rings. The Labute approximate surface area is 186 Å². The van der Waals surface area contributed by atoms with Gasteiger partial charge in [-0.05, 0) is 75.3 Å². The number of unbranched alkanes of at least 4 members (excludes halogenated alkanes) is 1. The smallest absolute Gasteiger partial charge is 0.222 e. The Bertz CT molecular complexity index is 863. The second-order valence-corrected chi connectivity index (χ2v) is 9.15. The molecular formula is C26H37N3O2. The number of pyridine rings is 1. The zero-order valence-corrected chi connectivity index (χ0v) is 19.0. The Kier molecular flexibility index (Phi) is 7.79. The molecule has 168 valence electrons. The maximum atomic E-state index is 12.4. The lowest BCUT2D eigenvalue weighted by Crippen LogP contribution is -2.36. The van der Waals surface area contributed by atoms with Gasteiger partial charge in [-0.2, -0.15) is 0 Å². The van der Waals surface area contributed by atoms with Crippen molar-refractivity contribution in [1.82, 2.24) is 14.8 Å². The molecule has 5 nitrogen and oxygen atoms in total. The van der Waals surface area contributed by atoms with Crippen LogP contribution in [-0.2, 0) is 11.2 Å². The molecular weight excluding hydrogens is 386 g/mol. The molecule has 2 saturated heterocycles. The number of benzene rings is 1. The van der Waals surface area contributed by atoms with E-state index in [2.05, 4.69) is 39.9 Å². The van der Waals surface area contributed by atoms with Crippen molar-refractivity contribution in [2.45, 2.75) is 70.8 Å². The molecule has 5 heteroatoms. The van der Waals surface area contributed by atoms with Crippen LogP contribution in [0.15, 0.2) is 30.5 Å². The van der Waals surface area contributed by atoms with Gasteiger partial charge in [0.1, 0.15) is 17.4 Å². The van der Waals surface area contributed by atoms with Gasteiger partial charge in [0.15, 0.2) is 0 Å². The third kappa shape index (κ3) is 5.97. The average Bonchev–Trinajstić information content (AvgIpc) is 3.25. The number of rotatable bonds is 9. The third-order valence-corrected chi connectivity index (χ3v) is 6.65. The lowest BCUT2D eigenvalue weighted by molar-refractivity contribution is -0.132. The summed E-state index contributed by atoms with van der Waals surface area (Å²) in [5, 5.41) is 1.16. The first-order chi connectivity index (χ1) is 15.2. The van der Waals surface area contributed by atoms with Gasteiger partial charge in [-0.15, -0.1) is 0 Å². The van der Waals surface area contributed by atoms with E-state index in [4.69, 9.17) is 4.74 Å². The highest BCUT2D eigenvalue weighted by atomic mass is 16.5. The minimum atomic E-state index is 0.199. The topological polar surface area (TPSA) is 45.7 Å². The summed E-state index contributed by atoms with van der Waals surface area (Å²) >= 11 is 0. The van der Waals surface area contributed by atoms with Gasteiger partial charge in [0.2, 0.25) is 5.91 Å². The fraction of sp³-hybridized carbons (Fsp3) is 0.615. The Morgan fingerprint density at radius 2 is 2.03 bits per heavy atom. The fourth-order valence-corrected chi connectivity index (χ4v) is 4.86. The molecule has 1 aromatic heterocycles. The number of piperidine rings is 1. The third-order valence-electron chi connectivity index (χ3n) is 6.65. The summed E-state index contributed by atoms with van der Waals surface area (Å²) in [6, 6.07) is 8.58. The van der Waals surface area contributed by atoms with Crippen LogP contribution >= 0.6 is 0 Å². The van der Waals surface area contributed by atoms with Gasteiger partial charge in [-0.1, -0.05) is 19.4 Å². The molecule has 1 amide bonds. The van der Waals surface area contributed by atoms with Gasteiger partial charge in [0.05, 0.1) is 0 Å². The highest BCUT2D eigenvalue weighted by Crippen LogP contribution is 2.29. The molecule has 4 rings (SSSR count). The van der Waals surface area contributed by atoms with Crippen molar-refractivity contribution in [3.05, 3.63) is 36.0 Å². The molecule has 3 heterocycles. The monoisotopic (exact) mass is 423 g/mol. The molecule has 0 spiro atoms. The van der Waals surface area contributed by atoms with Crippen molar-refractivity contribution in [3.63, 3.8) is 0 Å². The molecule has 0 bridgehead atoms. The summed E-state index contributed by atoms with van der Waals surface area (Å²) in [6.07, 6.45) is 11.8. The van der Waals surface area contributed by atoms with Crippen LogP contribution in [0.4, 0.5) is 0 Å². The van der Waals surface area contributed by atoms with Gasteiger partial charge >= 0.3 is 0 Å². The van der Waals surface area contributed by atoms with Crippen molar-refractivity contribution in [3.8, 4) is 5.75 Å². The number of hydrogen-bond acceptors (Lipinski definition) is 4. The number of carbonyl (C=O) groups is 1. The van der Waals surface area contributed by atoms with Crippen LogP contribution in [0.25, 0.3) is 10.9 Å². The zero-order valence-electron chi connectivity index (χ0n) is 19.0. The predicted molar refractivity (Wildman–Crippen MR) is 125 cm³/mol. The molecule has 0 saturated carbocycles. The van der Waals surface area contributed by atoms with Gasteiger partial charge in [0.25, 0.3) is 0 Å². The predicted octanol–water partition coefficient (Wildman–Crippen LogP) is 4.82. The van der Waals surface area contributed by atoms with E-state index in [1.807, 2.05) is 12.3 Å². The van der Waals surface area contributed by atoms with Crippen LogP contribution < -0.4 is 4.74 Å². The average molecular weight is 424 g/mol. The van der Waals surface area contributed by atoms with E-state index in [1.54, 1.807) is 0 Å². The summed E-state index contributed by atoms with van der Waals surface area (Å²) in [5.41, 5.74) is 2.30. The van der Waals surface area contributed by atoms with E-state index < -0.39 is 0 Å². The summed E-state index contributed by atoms with van der Waals surface area (Å²) in [6.45, 7) is 7.10. The number of aryl methyl sites for hydroxylation is 1. The summed E-state index contributed by atoms with van der Waals surface area (Å²) in [5.74, 6) is 1.27. The van der Waals surface area contributed by atoms with Gasteiger partial charge < -0.3 is 9.64 Å². The van der Waals surface area contributed by atoms with Crippen molar-refractivity contribution in [1.29, 1.82) is 0 Å². The Morgan fingerprint density at radius 3 is 2.87 bits per heavy atom. The first-order valence-electron chi connectivity index (χ1n) is 12.3. The standard InChI is InChI=1S/C26H37N3O2/c1-2-3-9-21-18-22-10-7-13-27-26(22)24(19-21)31-23-12-17-28(20-23)14-8-11-25(30)29-15-5-4-6-16-29/h7,10,13,18-19,23H,2-6,8-9,11-12,14-17,20H2,1H3/t23-/m1/s1. The Balaban J connectivity index is 1.29. The summed E-state index contributed by atoms with van der Waals surface area (Å²) < 4.78 is 6.48. The second kappa shape index (κ2) is 10.9. The van der Waals surface area contributed by atoms with Crippen LogP contribution in [0.1, 0.15) is 63.9 Å². The number of carbonyl (C=O) groups excluding carboxylic acids is 1. The lowest BCUT2D eigenvalue weighted by atomic mass is 10.0. The molecule has 0 N–H and O–H groups in total. The minimum Gasteiger partial charge on any atom is -0.487 e. The van der Waals surface area contributed by atoms with Gasteiger partial charge in [-0.25, -0.2) is 0 Å². The number of aromatic nitrogens is 1. The van der Waals surface area contributed by atoms with Crippen molar-refractivity contribution < 1.29 is 9.53 Å². The van der Waals surface area contributed by atoms with E-state index in [0.29, 0.717) is 12.3 Å². The summed E-state index contributed by atoms with van der Waals surface area (Å²) in [7, 11) is 0. The number of ether oxygens (including phenoxy) is 1. The second-order valence-electron chi connectivity index (χ2n) is 9.15. The van der Waals surface area contributed by atoms with Crippen molar-refractivity contribution in [2.75, 3.05) is 32.7 Å². The maximum Gasteiger partial charge on any atom is 0.222 e. The molecule has 0 aliphatic carbocycles. The molecule has 2 fully saturated rings. The number of hydrogen-bond donors (Lipinski definition) is 0. The zero-order chi connectivity index (χ0) is 21.5. The largest absolute Gasteiger partial charge is 0.487 e. The van der Waals surface area contributed by atoms with Crippen LogP contribution in [0.2, 0.25) is 0 Å². The van der Waals surface area contributed by atoms with Crippen LogP contribution in [0.3, 0.4) is 0 Å². The molecule has 31 heavy (non-hydrogen) atoms. The molecule has 1 atom stereocenters. The quantitative estimate of drug-likeness (QED) is 0.580. The van der Waals surface area contributed by atoms with E-state index >= 15 is 0 Å². The van der Waals surface area contributed by atoms with Crippen molar-refractivity contribution in [2.24, 2.45) is 0 Å². The Morgan fingerprint density at radius 1 is 1.16 bits per heavy atom. The van der Waals surface area contributed by atoms with Crippen LogP contribution in [-0.4, -0.2) is 59.5 Å². The van der Waals surface area contributed by atoms with Crippen molar-refractivity contribution >= 4 is 16.8 Å². The normalized spacial score (nSPS) is 19.8. The molecule has 1 aromatic carbocycles. The van der Waals surface area contributed by atoms with Gasteiger partial charge in [-0.3, -0.25) is 14.7 Å². The molecule has 0 radical (unpaired) electrons. The van der Waals surface area contributed by atoms with Crippen LogP contribution in [0, 0.1) is 0 Å². The number of fused-ring (bicyclic) bond motifs is 1. The minimum absolute atomic E-state index is 0.199. The first-order valence-corrected chi connectivity index (χ1v) is 12.3. The van der Waals surface area contributed by atoms with E-state index in [1.165, 1.54) is 37.7 Å². The number of nitrogens with zero attached hydrogens (tertiary/aromatic N) is 3. The maximum absolute atomic E-state index is 12.4. The first kappa shape index (κ1) is 22.1. The highest BCUT2D eigenvalue weighted by molar-refractivity contribution is 5.85. The molecule has 2 aliphatic rings. The SMILES string of the molecule is CCCCc1cc(O[C@@H]2CCN(CCCC(=O)N3CCCCC3)C2)c2ncccc2c1. The molecule has 2 aliphatic heterocycles. The fourth-order valence-electron chi connectivity index (χ4n) is 4.86. The molecule has 0 unspecified atom stereocenters. The van der Waals surface area contributed by atoms with E-state index in [-0.39, 0.29) is 6.10 Å². The highest BCUT2D eigenvalue weighted by Gasteiger charge is 2.25. The van der Waals surface area contributed by atoms with Crippen LogP contribution in [0.5, 0.6) is 5.75 Å². The number of amides is 1. The van der Waals surface area contributed by atoms with Gasteiger partial charge in [0, 0.05) is 44.2 Å². The van der Waals surface area contributed by atoms with E-state index in [9.17, 15) is 4.79 Å². The lowest BCUT2D eigenvalue weighted by Gasteiger charge is -2.27.